The number of rotatable bonds is 6. The number of nitrogens with one attached hydrogen (secondary N) is 2. The second kappa shape index (κ2) is 11.7. The molecule has 3 aromatic rings. The zero-order valence-corrected chi connectivity index (χ0v) is 21.4. The van der Waals surface area contributed by atoms with E-state index >= 15 is 0 Å². The van der Waals surface area contributed by atoms with Crippen LogP contribution in [0.2, 0.25) is 0 Å². The third kappa shape index (κ3) is 6.63. The van der Waals surface area contributed by atoms with E-state index in [1.807, 2.05) is 12.3 Å². The summed E-state index contributed by atoms with van der Waals surface area (Å²) in [5.41, 5.74) is 4.02. The maximum absolute atomic E-state index is 13.4. The molecule has 0 amide bonds. The molecular formula is C24H31F2IN6. The summed E-state index contributed by atoms with van der Waals surface area (Å²) in [6.07, 6.45) is 6.84. The van der Waals surface area contributed by atoms with Crippen LogP contribution >= 0.6 is 24.0 Å². The molecular weight excluding hydrogens is 537 g/mol. The molecule has 1 aromatic carbocycles. The van der Waals surface area contributed by atoms with E-state index in [0.717, 1.165) is 61.8 Å². The number of piperidine rings is 1. The van der Waals surface area contributed by atoms with Gasteiger partial charge in [0.2, 0.25) is 0 Å². The number of pyridine rings is 1. The lowest BCUT2D eigenvalue weighted by Gasteiger charge is -2.33. The molecule has 6 nitrogen and oxygen atoms in total. The Morgan fingerprint density at radius 3 is 2.67 bits per heavy atom. The molecule has 1 aliphatic heterocycles. The smallest absolute Gasteiger partial charge is 0.191 e. The lowest BCUT2D eigenvalue weighted by molar-refractivity contribution is 0.198. The van der Waals surface area contributed by atoms with E-state index in [2.05, 4.69) is 44.1 Å². The van der Waals surface area contributed by atoms with Crippen molar-refractivity contribution in [2.75, 3.05) is 26.7 Å². The van der Waals surface area contributed by atoms with Crippen molar-refractivity contribution in [2.45, 2.75) is 38.8 Å². The van der Waals surface area contributed by atoms with Gasteiger partial charge >= 0.3 is 0 Å². The van der Waals surface area contributed by atoms with Gasteiger partial charge in [0.1, 0.15) is 5.65 Å². The van der Waals surface area contributed by atoms with E-state index < -0.39 is 11.6 Å². The molecule has 33 heavy (non-hydrogen) atoms. The molecule has 2 aromatic heterocycles. The van der Waals surface area contributed by atoms with E-state index in [1.54, 1.807) is 13.1 Å². The largest absolute Gasteiger partial charge is 0.356 e. The maximum Gasteiger partial charge on any atom is 0.191 e. The van der Waals surface area contributed by atoms with E-state index in [1.165, 1.54) is 17.7 Å². The minimum atomic E-state index is -0.799. The quantitative estimate of drug-likeness (QED) is 0.269. The Kier molecular flexibility index (Phi) is 9.02. The average molecular weight is 568 g/mol. The van der Waals surface area contributed by atoms with Crippen molar-refractivity contribution in [3.8, 4) is 0 Å². The van der Waals surface area contributed by atoms with Crippen LogP contribution in [0.1, 0.15) is 29.7 Å². The molecule has 0 spiro atoms. The van der Waals surface area contributed by atoms with Crippen molar-refractivity contribution in [2.24, 2.45) is 4.99 Å². The number of likely N-dealkylation sites (tertiary alicyclic amines) is 1. The zero-order chi connectivity index (χ0) is 22.5. The van der Waals surface area contributed by atoms with Crippen LogP contribution in [0, 0.1) is 18.6 Å². The van der Waals surface area contributed by atoms with Crippen molar-refractivity contribution in [3.63, 3.8) is 0 Å². The number of fused-ring (bicyclic) bond motifs is 1. The van der Waals surface area contributed by atoms with Crippen LogP contribution in [0.5, 0.6) is 0 Å². The van der Waals surface area contributed by atoms with Crippen molar-refractivity contribution in [1.82, 2.24) is 24.9 Å². The van der Waals surface area contributed by atoms with Gasteiger partial charge in [0.25, 0.3) is 0 Å². The highest BCUT2D eigenvalue weighted by Crippen LogP contribution is 2.16. The summed E-state index contributed by atoms with van der Waals surface area (Å²) in [6.45, 7) is 5.24. The van der Waals surface area contributed by atoms with Crippen molar-refractivity contribution in [3.05, 3.63) is 71.2 Å². The summed E-state index contributed by atoms with van der Waals surface area (Å²) in [7, 11) is 1.78. The maximum atomic E-state index is 13.4. The highest BCUT2D eigenvalue weighted by atomic mass is 127. The number of aryl methyl sites for hydroxylation is 1. The molecule has 1 aliphatic rings. The van der Waals surface area contributed by atoms with Crippen LogP contribution in [0.4, 0.5) is 8.78 Å². The highest BCUT2D eigenvalue weighted by molar-refractivity contribution is 14.0. The Hall–Kier alpha value is -2.27. The molecule has 1 saturated heterocycles. The van der Waals surface area contributed by atoms with E-state index in [0.29, 0.717) is 12.6 Å². The number of hydrogen-bond donors (Lipinski definition) is 2. The van der Waals surface area contributed by atoms with Crippen LogP contribution in [0.3, 0.4) is 0 Å². The number of hydrogen-bond acceptors (Lipinski definition) is 3. The van der Waals surface area contributed by atoms with Gasteiger partial charge in [-0.05, 0) is 49.1 Å². The minimum Gasteiger partial charge on any atom is -0.356 e. The Bertz CT molecular complexity index is 1090. The van der Waals surface area contributed by atoms with Gasteiger partial charge in [0.15, 0.2) is 17.6 Å². The van der Waals surface area contributed by atoms with E-state index in [9.17, 15) is 8.78 Å². The predicted octanol–water partition coefficient (Wildman–Crippen LogP) is 3.91. The summed E-state index contributed by atoms with van der Waals surface area (Å²) in [6, 6.07) is 8.57. The number of imidazole rings is 1. The van der Waals surface area contributed by atoms with Crippen LogP contribution in [-0.4, -0.2) is 53.0 Å². The second-order valence-electron chi connectivity index (χ2n) is 8.35. The Morgan fingerprint density at radius 1 is 1.18 bits per heavy atom. The lowest BCUT2D eigenvalue weighted by atomic mass is 10.0. The number of halogens is 3. The lowest BCUT2D eigenvalue weighted by Crippen LogP contribution is -2.48. The molecule has 0 unspecified atom stereocenters. The predicted molar refractivity (Wildman–Crippen MR) is 138 cm³/mol. The number of guanidine groups is 1. The minimum absolute atomic E-state index is 0. The number of benzene rings is 1. The van der Waals surface area contributed by atoms with Crippen LogP contribution in [0.25, 0.3) is 5.65 Å². The van der Waals surface area contributed by atoms with E-state index in [-0.39, 0.29) is 24.0 Å². The number of aromatic nitrogens is 2. The Balaban J connectivity index is 0.00000306. The van der Waals surface area contributed by atoms with Crippen molar-refractivity contribution >= 4 is 35.6 Å². The molecule has 4 rings (SSSR count). The molecule has 0 atom stereocenters. The van der Waals surface area contributed by atoms with Gasteiger partial charge in [0.05, 0.1) is 5.69 Å². The molecule has 3 heterocycles. The first kappa shape index (κ1) is 25.4. The van der Waals surface area contributed by atoms with E-state index in [4.69, 9.17) is 4.98 Å². The van der Waals surface area contributed by atoms with Gasteiger partial charge in [0, 0.05) is 58.1 Å². The summed E-state index contributed by atoms with van der Waals surface area (Å²) in [5.74, 6) is -0.788. The van der Waals surface area contributed by atoms with Gasteiger partial charge < -0.3 is 15.0 Å². The first-order chi connectivity index (χ1) is 15.5. The first-order valence-corrected chi connectivity index (χ1v) is 11.1. The van der Waals surface area contributed by atoms with Gasteiger partial charge in [-0.25, -0.2) is 13.8 Å². The number of aliphatic imine (C=N–C) groups is 1. The van der Waals surface area contributed by atoms with Gasteiger partial charge in [-0.3, -0.25) is 9.89 Å². The third-order valence-electron chi connectivity index (χ3n) is 5.94. The SMILES string of the molecule is CN=C(NCCc1cn2cccc(C)c2n1)NC1CCN(Cc2ccc(F)c(F)c2)CC1.I. The normalized spacial score (nSPS) is 15.5. The van der Waals surface area contributed by atoms with Gasteiger partial charge in [-0.1, -0.05) is 12.1 Å². The fourth-order valence-electron chi connectivity index (χ4n) is 4.15. The van der Waals surface area contributed by atoms with Crippen LogP contribution in [-0.2, 0) is 13.0 Å². The second-order valence-corrected chi connectivity index (χ2v) is 8.35. The summed E-state index contributed by atoms with van der Waals surface area (Å²) < 4.78 is 28.6. The Morgan fingerprint density at radius 2 is 1.97 bits per heavy atom. The standard InChI is InChI=1S/C24H30F2N6.HI/c1-17-4-3-11-32-16-20(29-23(17)32)7-10-28-24(27-2)30-19-8-12-31(13-9-19)15-18-5-6-21(25)22(26)14-18;/h3-6,11,14,16,19H,7-10,12-13,15H2,1-2H3,(H2,27,28,30);1H. The van der Waals surface area contributed by atoms with Gasteiger partial charge in [-0.15, -0.1) is 24.0 Å². The molecule has 2 N–H and O–H groups in total. The monoisotopic (exact) mass is 568 g/mol. The fourth-order valence-corrected chi connectivity index (χ4v) is 4.15. The van der Waals surface area contributed by atoms with Crippen molar-refractivity contribution in [1.29, 1.82) is 0 Å². The van der Waals surface area contributed by atoms with Crippen LogP contribution in [0.15, 0.2) is 47.7 Å². The fraction of sp³-hybridized carbons (Fsp3) is 0.417. The van der Waals surface area contributed by atoms with Crippen LogP contribution < -0.4 is 10.6 Å². The van der Waals surface area contributed by atoms with Gasteiger partial charge in [-0.2, -0.15) is 0 Å². The molecule has 9 heteroatoms. The molecule has 1 fully saturated rings. The third-order valence-corrected chi connectivity index (χ3v) is 5.94. The van der Waals surface area contributed by atoms with Crippen molar-refractivity contribution < 1.29 is 8.78 Å². The molecule has 0 radical (unpaired) electrons. The average Bonchev–Trinajstić information content (AvgIpc) is 3.21. The Labute approximate surface area is 210 Å². The molecule has 178 valence electrons. The molecule has 0 aliphatic carbocycles. The topological polar surface area (TPSA) is 57.0 Å². The molecule has 0 bridgehead atoms. The molecule has 0 saturated carbocycles. The summed E-state index contributed by atoms with van der Waals surface area (Å²) in [4.78, 5) is 11.3. The first-order valence-electron chi connectivity index (χ1n) is 11.1. The summed E-state index contributed by atoms with van der Waals surface area (Å²) >= 11 is 0. The number of nitrogens with zero attached hydrogens (tertiary/aromatic N) is 4. The summed E-state index contributed by atoms with van der Waals surface area (Å²) in [5, 5.41) is 6.89. The highest BCUT2D eigenvalue weighted by Gasteiger charge is 2.20. The zero-order valence-electron chi connectivity index (χ0n) is 19.0.